The van der Waals surface area contributed by atoms with E-state index in [0.29, 0.717) is 16.9 Å². The molecule has 2 heterocycles. The lowest BCUT2D eigenvalue weighted by Crippen LogP contribution is -2.14. The number of nitrogens with one attached hydrogen (secondary N) is 1. The van der Waals surface area contributed by atoms with Gasteiger partial charge in [-0.05, 0) is 24.6 Å². The van der Waals surface area contributed by atoms with Gasteiger partial charge in [0.05, 0.1) is 10.5 Å². The highest BCUT2D eigenvalue weighted by Crippen LogP contribution is 2.18. The first-order valence-electron chi connectivity index (χ1n) is 5.40. The highest BCUT2D eigenvalue weighted by Gasteiger charge is 2.12. The Hall–Kier alpha value is -2.83. The van der Waals surface area contributed by atoms with E-state index in [-0.39, 0.29) is 11.6 Å². The van der Waals surface area contributed by atoms with E-state index in [9.17, 15) is 14.9 Å². The average molecular weight is 258 g/mol. The molecule has 2 aromatic heterocycles. The normalized spacial score (nSPS) is 9.95. The van der Waals surface area contributed by atoms with E-state index < -0.39 is 4.92 Å². The van der Waals surface area contributed by atoms with Crippen LogP contribution < -0.4 is 5.32 Å². The van der Waals surface area contributed by atoms with Crippen molar-refractivity contribution in [1.82, 2.24) is 9.97 Å². The minimum Gasteiger partial charge on any atom is -0.306 e. The van der Waals surface area contributed by atoms with Crippen LogP contribution in [0.3, 0.4) is 0 Å². The first-order valence-corrected chi connectivity index (χ1v) is 5.40. The number of aromatic nitrogens is 2. The summed E-state index contributed by atoms with van der Waals surface area (Å²) in [4.78, 5) is 29.6. The van der Waals surface area contributed by atoms with Crippen molar-refractivity contribution in [3.05, 3.63) is 58.0 Å². The molecular weight excluding hydrogens is 248 g/mol. The van der Waals surface area contributed by atoms with E-state index >= 15 is 0 Å². The molecule has 0 saturated heterocycles. The number of hydrogen-bond donors (Lipinski definition) is 1. The number of pyridine rings is 2. The van der Waals surface area contributed by atoms with Crippen molar-refractivity contribution in [3.63, 3.8) is 0 Å². The molecule has 7 heteroatoms. The molecule has 2 rings (SSSR count). The summed E-state index contributed by atoms with van der Waals surface area (Å²) >= 11 is 0. The van der Waals surface area contributed by atoms with E-state index in [2.05, 4.69) is 15.3 Å². The molecule has 0 bridgehead atoms. The fourth-order valence-corrected chi connectivity index (χ4v) is 1.47. The Labute approximate surface area is 108 Å². The molecule has 0 aromatic carbocycles. The van der Waals surface area contributed by atoms with Gasteiger partial charge >= 0.3 is 0 Å². The summed E-state index contributed by atoms with van der Waals surface area (Å²) in [6.07, 6.45) is 4.09. The zero-order chi connectivity index (χ0) is 13.8. The van der Waals surface area contributed by atoms with Crippen molar-refractivity contribution in [2.24, 2.45) is 0 Å². The van der Waals surface area contributed by atoms with Gasteiger partial charge < -0.3 is 5.32 Å². The van der Waals surface area contributed by atoms with Gasteiger partial charge in [0.25, 0.3) is 11.6 Å². The van der Waals surface area contributed by atoms with Crippen LogP contribution >= 0.6 is 0 Å². The number of rotatable bonds is 3. The lowest BCUT2D eigenvalue weighted by atomic mass is 10.2. The van der Waals surface area contributed by atoms with Crippen LogP contribution in [0.2, 0.25) is 0 Å². The van der Waals surface area contributed by atoms with Crippen LogP contribution in [-0.4, -0.2) is 20.8 Å². The lowest BCUT2D eigenvalue weighted by Gasteiger charge is -2.06. The molecule has 2 aromatic rings. The van der Waals surface area contributed by atoms with Crippen LogP contribution in [0.4, 0.5) is 11.5 Å². The monoisotopic (exact) mass is 258 g/mol. The minimum absolute atomic E-state index is 0.114. The smallest absolute Gasteiger partial charge is 0.287 e. The summed E-state index contributed by atoms with van der Waals surface area (Å²) < 4.78 is 0. The zero-order valence-corrected chi connectivity index (χ0v) is 10.0. The maximum Gasteiger partial charge on any atom is 0.287 e. The first-order chi connectivity index (χ1) is 9.08. The molecule has 0 radical (unpaired) electrons. The van der Waals surface area contributed by atoms with Crippen molar-refractivity contribution in [1.29, 1.82) is 0 Å². The van der Waals surface area contributed by atoms with Gasteiger partial charge in [-0.15, -0.1) is 0 Å². The molecule has 1 N–H and O–H groups in total. The highest BCUT2D eigenvalue weighted by atomic mass is 16.6. The fraction of sp³-hybridized carbons (Fsp3) is 0.0833. The maximum atomic E-state index is 11.9. The largest absolute Gasteiger partial charge is 0.306 e. The van der Waals surface area contributed by atoms with E-state index in [1.807, 2.05) is 0 Å². The molecule has 0 fully saturated rings. The van der Waals surface area contributed by atoms with Crippen molar-refractivity contribution < 1.29 is 9.72 Å². The van der Waals surface area contributed by atoms with Gasteiger partial charge in [0, 0.05) is 18.5 Å². The van der Waals surface area contributed by atoms with E-state index in [1.165, 1.54) is 12.3 Å². The topological polar surface area (TPSA) is 98.0 Å². The number of carbonyl (C=O) groups is 1. The summed E-state index contributed by atoms with van der Waals surface area (Å²) in [5.74, 6) is -0.0722. The summed E-state index contributed by atoms with van der Waals surface area (Å²) in [6, 6.07) is 4.61. The molecule has 0 saturated carbocycles. The Bertz CT molecular complexity index is 628. The van der Waals surface area contributed by atoms with Crippen LogP contribution in [0.1, 0.15) is 15.9 Å². The van der Waals surface area contributed by atoms with Gasteiger partial charge in [-0.2, -0.15) is 0 Å². The fourth-order valence-electron chi connectivity index (χ4n) is 1.47. The number of hydrogen-bond acceptors (Lipinski definition) is 5. The van der Waals surface area contributed by atoms with Gasteiger partial charge in [0.2, 0.25) is 0 Å². The van der Waals surface area contributed by atoms with E-state index in [0.717, 1.165) is 6.20 Å². The molecule has 7 nitrogen and oxygen atoms in total. The molecule has 0 aliphatic carbocycles. The molecular formula is C12H10N4O3. The molecule has 1 amide bonds. The number of aryl methyl sites for hydroxylation is 1. The maximum absolute atomic E-state index is 11.9. The third-order valence-corrected chi connectivity index (χ3v) is 2.43. The van der Waals surface area contributed by atoms with Crippen LogP contribution in [0, 0.1) is 17.0 Å². The number of anilines is 1. The Morgan fingerprint density at radius 2 is 2.21 bits per heavy atom. The molecule has 19 heavy (non-hydrogen) atoms. The van der Waals surface area contributed by atoms with Crippen molar-refractivity contribution >= 4 is 17.4 Å². The zero-order valence-electron chi connectivity index (χ0n) is 10.0. The minimum atomic E-state index is -0.535. The molecule has 0 aliphatic heterocycles. The molecule has 0 aliphatic rings. The van der Waals surface area contributed by atoms with Gasteiger partial charge in [0.15, 0.2) is 0 Å². The number of amides is 1. The lowest BCUT2D eigenvalue weighted by molar-refractivity contribution is -0.385. The summed E-state index contributed by atoms with van der Waals surface area (Å²) in [7, 11) is 0. The third kappa shape index (κ3) is 2.89. The first kappa shape index (κ1) is 12.6. The second-order valence-electron chi connectivity index (χ2n) is 3.81. The number of carbonyl (C=O) groups excluding carboxylic acids is 1. The SMILES string of the molecule is Cc1cc([N+](=O)[O-])cnc1NC(=O)c1cccnc1. The number of nitro groups is 1. The Morgan fingerprint density at radius 3 is 2.79 bits per heavy atom. The van der Waals surface area contributed by atoms with Crippen LogP contribution in [0.5, 0.6) is 0 Å². The van der Waals surface area contributed by atoms with Gasteiger partial charge in [0.1, 0.15) is 12.0 Å². The van der Waals surface area contributed by atoms with Gasteiger partial charge in [-0.1, -0.05) is 0 Å². The van der Waals surface area contributed by atoms with Crippen LogP contribution in [0.15, 0.2) is 36.8 Å². The van der Waals surface area contributed by atoms with Crippen molar-refractivity contribution in [2.45, 2.75) is 6.92 Å². The summed E-state index contributed by atoms with van der Waals surface area (Å²) in [5, 5.41) is 13.2. The molecule has 96 valence electrons. The second-order valence-corrected chi connectivity index (χ2v) is 3.81. The Kier molecular flexibility index (Phi) is 3.46. The second kappa shape index (κ2) is 5.21. The Balaban J connectivity index is 2.20. The van der Waals surface area contributed by atoms with E-state index in [4.69, 9.17) is 0 Å². The van der Waals surface area contributed by atoms with Gasteiger partial charge in [-0.25, -0.2) is 4.98 Å². The molecule has 0 unspecified atom stereocenters. The van der Waals surface area contributed by atoms with Crippen molar-refractivity contribution in [3.8, 4) is 0 Å². The predicted molar refractivity (Wildman–Crippen MR) is 67.8 cm³/mol. The Morgan fingerprint density at radius 1 is 1.42 bits per heavy atom. The predicted octanol–water partition coefficient (Wildman–Crippen LogP) is 1.95. The summed E-state index contributed by atoms with van der Waals surface area (Å²) in [6.45, 7) is 1.64. The molecule has 0 atom stereocenters. The summed E-state index contributed by atoms with van der Waals surface area (Å²) in [5.41, 5.74) is 0.797. The van der Waals surface area contributed by atoms with Crippen LogP contribution in [0.25, 0.3) is 0 Å². The van der Waals surface area contributed by atoms with Crippen molar-refractivity contribution in [2.75, 3.05) is 5.32 Å². The molecule has 0 spiro atoms. The standard InChI is InChI=1S/C12H10N4O3/c1-8-5-10(16(18)19)7-14-11(8)15-12(17)9-3-2-4-13-6-9/h2-7H,1H3,(H,14,15,17). The van der Waals surface area contributed by atoms with Crippen LogP contribution in [-0.2, 0) is 0 Å². The highest BCUT2D eigenvalue weighted by molar-refractivity contribution is 6.03. The third-order valence-electron chi connectivity index (χ3n) is 2.43. The quantitative estimate of drug-likeness (QED) is 0.670. The van der Waals surface area contributed by atoms with Gasteiger partial charge in [-0.3, -0.25) is 19.9 Å². The number of nitrogens with zero attached hydrogens (tertiary/aromatic N) is 3. The van der Waals surface area contributed by atoms with E-state index in [1.54, 1.807) is 25.3 Å². The average Bonchev–Trinajstić information content (AvgIpc) is 2.41.